The van der Waals surface area contributed by atoms with Crippen molar-refractivity contribution in [3.8, 4) is 17.2 Å². The molecule has 32 heavy (non-hydrogen) atoms. The molecule has 8 nitrogen and oxygen atoms in total. The Bertz CT molecular complexity index is 1180. The van der Waals surface area contributed by atoms with Crippen molar-refractivity contribution in [3.05, 3.63) is 64.0 Å². The van der Waals surface area contributed by atoms with Crippen LogP contribution < -0.4 is 19.8 Å². The summed E-state index contributed by atoms with van der Waals surface area (Å²) in [6.07, 6.45) is 0. The van der Waals surface area contributed by atoms with Crippen molar-refractivity contribution < 1.29 is 23.4 Å². The second-order valence-electron chi connectivity index (χ2n) is 7.59. The molecule has 3 aromatic rings. The van der Waals surface area contributed by atoms with Gasteiger partial charge in [-0.2, -0.15) is 0 Å². The summed E-state index contributed by atoms with van der Waals surface area (Å²) in [4.78, 5) is 29.1. The van der Waals surface area contributed by atoms with Gasteiger partial charge in [-0.1, -0.05) is 0 Å². The van der Waals surface area contributed by atoms with Gasteiger partial charge in [0.1, 0.15) is 22.8 Å². The minimum absolute atomic E-state index is 0.0697. The number of hydrogen-bond donors (Lipinski definition) is 0. The number of amides is 1. The topological polar surface area (TPSA) is 81.5 Å². The zero-order valence-corrected chi connectivity index (χ0v) is 18.4. The Kier molecular flexibility index (Phi) is 6.32. The van der Waals surface area contributed by atoms with Crippen molar-refractivity contribution in [2.24, 2.45) is 0 Å². The summed E-state index contributed by atoms with van der Waals surface area (Å²) in [7, 11) is 4.72. The van der Waals surface area contributed by atoms with Gasteiger partial charge in [-0.05, 0) is 35.9 Å². The van der Waals surface area contributed by atoms with E-state index in [0.29, 0.717) is 61.1 Å². The third-order valence-electron chi connectivity index (χ3n) is 5.73. The molecule has 1 fully saturated rings. The van der Waals surface area contributed by atoms with Gasteiger partial charge in [-0.3, -0.25) is 9.69 Å². The minimum Gasteiger partial charge on any atom is -0.497 e. The maximum atomic E-state index is 13.1. The molecule has 0 atom stereocenters. The molecule has 0 radical (unpaired) electrons. The van der Waals surface area contributed by atoms with E-state index in [9.17, 15) is 9.59 Å². The Balaban J connectivity index is 1.47. The van der Waals surface area contributed by atoms with Crippen LogP contribution in [-0.2, 0) is 6.54 Å². The van der Waals surface area contributed by atoms with E-state index < -0.39 is 0 Å². The first-order chi connectivity index (χ1) is 15.5. The number of ether oxygens (including phenoxy) is 3. The minimum atomic E-state index is -0.377. The lowest BCUT2D eigenvalue weighted by Crippen LogP contribution is -2.48. The molecule has 1 aliphatic heterocycles. The van der Waals surface area contributed by atoms with Crippen molar-refractivity contribution in [2.45, 2.75) is 6.54 Å². The summed E-state index contributed by atoms with van der Waals surface area (Å²) in [5, 5.41) is 0.852. The standard InChI is InChI=1S/C24H26N2O6/c1-29-17-5-7-21-20(13-17)16(12-23(27)32-21)15-25-8-10-26(11-9-25)24(28)19-6-4-18(30-2)14-22(19)31-3/h4-7,12-14H,8-11,15H2,1-3H3. The molecule has 0 bridgehead atoms. The third-order valence-corrected chi connectivity index (χ3v) is 5.73. The number of piperazine rings is 1. The van der Waals surface area contributed by atoms with Crippen molar-refractivity contribution in [2.75, 3.05) is 47.5 Å². The van der Waals surface area contributed by atoms with Crippen LogP contribution in [0.5, 0.6) is 17.2 Å². The molecule has 1 aliphatic rings. The molecule has 1 amide bonds. The van der Waals surface area contributed by atoms with Gasteiger partial charge in [0.2, 0.25) is 0 Å². The molecule has 0 N–H and O–H groups in total. The van der Waals surface area contributed by atoms with Crippen LogP contribution in [-0.4, -0.2) is 63.2 Å². The fraction of sp³-hybridized carbons (Fsp3) is 0.333. The molecule has 4 rings (SSSR count). The van der Waals surface area contributed by atoms with Crippen LogP contribution in [0.4, 0.5) is 0 Å². The number of rotatable bonds is 6. The van der Waals surface area contributed by atoms with Gasteiger partial charge in [-0.15, -0.1) is 0 Å². The lowest BCUT2D eigenvalue weighted by atomic mass is 10.1. The van der Waals surface area contributed by atoms with E-state index in [1.807, 2.05) is 11.0 Å². The maximum absolute atomic E-state index is 13.1. The Hall–Kier alpha value is -3.52. The number of hydrogen-bond acceptors (Lipinski definition) is 7. The van der Waals surface area contributed by atoms with Gasteiger partial charge >= 0.3 is 5.63 Å². The quantitative estimate of drug-likeness (QED) is 0.548. The van der Waals surface area contributed by atoms with Crippen LogP contribution in [0.15, 0.2) is 51.7 Å². The first-order valence-corrected chi connectivity index (χ1v) is 10.4. The van der Waals surface area contributed by atoms with E-state index in [1.165, 1.54) is 6.07 Å². The van der Waals surface area contributed by atoms with Crippen LogP contribution in [0.3, 0.4) is 0 Å². The molecular formula is C24H26N2O6. The van der Waals surface area contributed by atoms with Crippen molar-refractivity contribution >= 4 is 16.9 Å². The Morgan fingerprint density at radius 3 is 2.28 bits per heavy atom. The normalized spacial score (nSPS) is 14.4. The molecule has 168 valence electrons. The zero-order chi connectivity index (χ0) is 22.7. The molecule has 1 saturated heterocycles. The second-order valence-corrected chi connectivity index (χ2v) is 7.59. The predicted octanol–water partition coefficient (Wildman–Crippen LogP) is 2.78. The number of carbonyl (C=O) groups is 1. The van der Waals surface area contributed by atoms with Crippen LogP contribution in [0, 0.1) is 0 Å². The fourth-order valence-corrected chi connectivity index (χ4v) is 3.96. The van der Waals surface area contributed by atoms with Crippen LogP contribution in [0.1, 0.15) is 15.9 Å². The smallest absolute Gasteiger partial charge is 0.336 e. The predicted molar refractivity (Wildman–Crippen MR) is 120 cm³/mol. The van der Waals surface area contributed by atoms with E-state index in [0.717, 1.165) is 10.9 Å². The number of carbonyl (C=O) groups excluding carboxylic acids is 1. The van der Waals surface area contributed by atoms with Gasteiger partial charge < -0.3 is 23.5 Å². The molecule has 0 aliphatic carbocycles. The lowest BCUT2D eigenvalue weighted by molar-refractivity contribution is 0.0625. The first kappa shape index (κ1) is 21.7. The average molecular weight is 438 g/mol. The summed E-state index contributed by atoms with van der Waals surface area (Å²) in [5.41, 5.74) is 1.55. The second kappa shape index (κ2) is 9.32. The van der Waals surface area contributed by atoms with Gasteiger partial charge in [0, 0.05) is 50.2 Å². The van der Waals surface area contributed by atoms with Crippen LogP contribution in [0.2, 0.25) is 0 Å². The largest absolute Gasteiger partial charge is 0.497 e. The van der Waals surface area contributed by atoms with Gasteiger partial charge in [0.15, 0.2) is 0 Å². The van der Waals surface area contributed by atoms with E-state index >= 15 is 0 Å². The summed E-state index contributed by atoms with van der Waals surface area (Å²) in [6, 6.07) is 12.1. The third kappa shape index (κ3) is 4.40. The fourth-order valence-electron chi connectivity index (χ4n) is 3.96. The highest BCUT2D eigenvalue weighted by Crippen LogP contribution is 2.27. The van der Waals surface area contributed by atoms with E-state index in [2.05, 4.69) is 4.90 Å². The number of fused-ring (bicyclic) bond motifs is 1. The number of benzene rings is 2. The van der Waals surface area contributed by atoms with Gasteiger partial charge in [0.05, 0.1) is 26.9 Å². The van der Waals surface area contributed by atoms with E-state index in [4.69, 9.17) is 18.6 Å². The van der Waals surface area contributed by atoms with Crippen LogP contribution >= 0.6 is 0 Å². The highest BCUT2D eigenvalue weighted by atomic mass is 16.5. The molecule has 0 spiro atoms. The molecule has 2 aromatic carbocycles. The Morgan fingerprint density at radius 2 is 1.59 bits per heavy atom. The van der Waals surface area contributed by atoms with Crippen molar-refractivity contribution in [3.63, 3.8) is 0 Å². The molecular weight excluding hydrogens is 412 g/mol. The average Bonchev–Trinajstić information content (AvgIpc) is 2.83. The van der Waals surface area contributed by atoms with E-state index in [-0.39, 0.29) is 11.5 Å². The maximum Gasteiger partial charge on any atom is 0.336 e. The summed E-state index contributed by atoms with van der Waals surface area (Å²) < 4.78 is 21.2. The first-order valence-electron chi connectivity index (χ1n) is 10.4. The van der Waals surface area contributed by atoms with Gasteiger partial charge in [0.25, 0.3) is 5.91 Å². The summed E-state index contributed by atoms with van der Waals surface area (Å²) in [5.74, 6) is 1.77. The van der Waals surface area contributed by atoms with Crippen molar-refractivity contribution in [1.82, 2.24) is 9.80 Å². The SMILES string of the molecule is COc1ccc(C(=O)N2CCN(Cc3cc(=O)oc4ccc(OC)cc34)CC2)c(OC)c1. The molecule has 1 aromatic heterocycles. The number of nitrogens with zero attached hydrogens (tertiary/aromatic N) is 2. The van der Waals surface area contributed by atoms with Crippen molar-refractivity contribution in [1.29, 1.82) is 0 Å². The van der Waals surface area contributed by atoms with Gasteiger partial charge in [-0.25, -0.2) is 4.79 Å². The zero-order valence-electron chi connectivity index (χ0n) is 18.4. The number of methoxy groups -OCH3 is 3. The highest BCUT2D eigenvalue weighted by molar-refractivity contribution is 5.97. The van der Waals surface area contributed by atoms with Crippen LogP contribution in [0.25, 0.3) is 11.0 Å². The molecule has 8 heteroatoms. The summed E-state index contributed by atoms with van der Waals surface area (Å²) in [6.45, 7) is 3.13. The lowest BCUT2D eigenvalue weighted by Gasteiger charge is -2.35. The molecule has 2 heterocycles. The Morgan fingerprint density at radius 1 is 0.906 bits per heavy atom. The Labute approximate surface area is 185 Å². The van der Waals surface area contributed by atoms with E-state index in [1.54, 1.807) is 51.7 Å². The highest BCUT2D eigenvalue weighted by Gasteiger charge is 2.25. The molecule has 0 unspecified atom stereocenters. The summed E-state index contributed by atoms with van der Waals surface area (Å²) >= 11 is 0. The monoisotopic (exact) mass is 438 g/mol. The molecule has 0 saturated carbocycles.